The molecule has 0 amide bonds. The van der Waals surface area contributed by atoms with Crippen molar-refractivity contribution in [3.63, 3.8) is 0 Å². The van der Waals surface area contributed by atoms with E-state index >= 15 is 35.1 Å². The minimum absolute atomic E-state index is 0.0263. The van der Waals surface area contributed by atoms with E-state index in [4.69, 9.17) is 4.74 Å². The van der Waals surface area contributed by atoms with E-state index in [1.54, 1.807) is 0 Å². The number of para-hydroxylation sites is 8. The van der Waals surface area contributed by atoms with Crippen molar-refractivity contribution in [1.29, 1.82) is 0 Å². The van der Waals surface area contributed by atoms with Crippen LogP contribution in [0.25, 0.3) is 0 Å². The molecule has 10 nitrogen and oxygen atoms in total. The topological polar surface area (TPSA) is 38.4 Å². The standard InChI is InChI=1S/C115H70B3F8N9O/c1-69-46-104-110-105(47-69)133(90-56-74(123)50-75(124)57-90)102-67-103-97(66-96(102)116(110)94-60-86(42-44-100(94)131(104)88-52-70(119)48-71(120)53-88)127(78-26-10-2-11-27-78)79-28-12-3-13-29-79)118-99-63-93(130(84-38-22-8-23-39-84)85-40-24-9-25-41-85)65-109-114(99)135-113-98(62-92(64-108(113)136-109)129(82-34-18-6-19-35-82)83-36-20-7-21-37-83)117-95-61-87(128(80-30-14-4-15-31-80)81-32-16-5-17-33-81)43-45-101(95)132(89-54-72(121)49-73(122)55-89)106-68-107(112(118)115(135)111(106)117)134(103)91-58-76(125)51-77(126)59-91/h2-68H,1H3. The predicted octanol–water partition coefficient (Wildman–Crippen LogP) is 25.9. The summed E-state index contributed by atoms with van der Waals surface area (Å²) in [5.41, 5.74) is 22.1. The Morgan fingerprint density at radius 2 is 0.434 bits per heavy atom. The zero-order valence-corrected chi connectivity index (χ0v) is 72.4. The molecule has 7 aliphatic heterocycles. The van der Waals surface area contributed by atoms with Gasteiger partial charge in [-0.1, -0.05) is 152 Å². The number of hydrogen-bond donors (Lipinski definition) is 0. The van der Waals surface area contributed by atoms with Gasteiger partial charge in [-0.2, -0.15) is 0 Å². The van der Waals surface area contributed by atoms with E-state index in [1.807, 2.05) is 245 Å². The minimum Gasteiger partial charge on any atom is -0.453 e. The third kappa shape index (κ3) is 12.6. The lowest BCUT2D eigenvalue weighted by atomic mass is 9.27. The number of aryl methyl sites for hydroxylation is 1. The lowest BCUT2D eigenvalue weighted by Gasteiger charge is -2.53. The van der Waals surface area contributed by atoms with Crippen LogP contribution in [0.5, 0.6) is 11.5 Å². The third-order valence-corrected chi connectivity index (χ3v) is 27.1. The minimum atomic E-state index is -0.979. The first kappa shape index (κ1) is 79.7. The molecule has 21 heteroatoms. The molecular formula is C115H70B3F8N9O. The van der Waals surface area contributed by atoms with Crippen molar-refractivity contribution in [2.75, 3.05) is 44.1 Å². The van der Waals surface area contributed by atoms with Crippen molar-refractivity contribution in [3.8, 4) is 11.5 Å². The third-order valence-electron chi connectivity index (χ3n) is 27.1. The van der Waals surface area contributed by atoms with Crippen LogP contribution in [0.1, 0.15) is 5.56 Å². The van der Waals surface area contributed by atoms with Gasteiger partial charge in [0.05, 0.1) is 34.1 Å². The summed E-state index contributed by atoms with van der Waals surface area (Å²) >= 11 is 0. The first-order valence-corrected chi connectivity index (χ1v) is 44.9. The number of hydrogen-bond acceptors (Lipinski definition) is 10. The molecule has 0 bridgehead atoms. The van der Waals surface area contributed by atoms with Crippen molar-refractivity contribution in [2.45, 2.75) is 6.92 Å². The number of ether oxygens (including phenoxy) is 1. The molecule has 0 saturated carbocycles. The highest BCUT2D eigenvalue weighted by Crippen LogP contribution is 2.60. The van der Waals surface area contributed by atoms with Crippen molar-refractivity contribution in [3.05, 3.63) is 459 Å². The molecule has 0 fully saturated rings. The van der Waals surface area contributed by atoms with Crippen LogP contribution >= 0.6 is 0 Å². The zero-order valence-electron chi connectivity index (χ0n) is 72.4. The summed E-state index contributed by atoms with van der Waals surface area (Å²) in [5, 5.41) is 0. The SMILES string of the molecule is Cc1cc2c3c(c1)N(c1cc(F)cc(F)c1)c1cc4c(cc1B3c1cc(N(c3ccccc3)c3ccccc3)ccc1N2c1cc(F)cc(F)c1)B1c2cc(N(c3ccccc3)c3ccccc3)cc3c2N2c5c(cc(N(c6ccccc6)c6ccccc6)cc5B5c6cc(N(c7ccccc7)c7ccccc7)ccc6N(c6cc(F)cc(F)c6)c6cc(c1c2c65)N4c1cc(F)cc(F)c1)O3. The van der Waals surface area contributed by atoms with Gasteiger partial charge in [-0.05, 0) is 280 Å². The maximum atomic E-state index is 17.6. The monoisotopic (exact) mass is 1780 g/mol. The van der Waals surface area contributed by atoms with Crippen LogP contribution < -0.4 is 98.0 Å². The Labute approximate surface area is 779 Å². The lowest BCUT2D eigenvalue weighted by Crippen LogP contribution is -2.69. The Bertz CT molecular complexity index is 7940. The van der Waals surface area contributed by atoms with Crippen LogP contribution in [0.3, 0.4) is 0 Å². The van der Waals surface area contributed by atoms with Gasteiger partial charge in [-0.15, -0.1) is 0 Å². The first-order chi connectivity index (χ1) is 66.6. The first-order valence-electron chi connectivity index (χ1n) is 44.9. The molecule has 136 heavy (non-hydrogen) atoms. The highest BCUT2D eigenvalue weighted by molar-refractivity contribution is 7.06. The van der Waals surface area contributed by atoms with Crippen LogP contribution in [-0.2, 0) is 0 Å². The second-order valence-electron chi connectivity index (χ2n) is 35.1. The van der Waals surface area contributed by atoms with Crippen molar-refractivity contribution >= 4 is 223 Å². The van der Waals surface area contributed by atoms with Gasteiger partial charge >= 0.3 is 0 Å². The van der Waals surface area contributed by atoms with Gasteiger partial charge in [-0.25, -0.2) is 35.1 Å². The number of fused-ring (bicyclic) bond motifs is 10. The molecule has 0 N–H and O–H groups in total. The summed E-state index contributed by atoms with van der Waals surface area (Å²) in [5.74, 6) is -6.10. The van der Waals surface area contributed by atoms with E-state index in [2.05, 4.69) is 140 Å². The molecule has 0 aromatic heterocycles. The number of halogens is 8. The summed E-state index contributed by atoms with van der Waals surface area (Å²) < 4.78 is 145. The van der Waals surface area contributed by atoms with E-state index in [1.165, 1.54) is 48.5 Å². The van der Waals surface area contributed by atoms with E-state index in [9.17, 15) is 0 Å². The van der Waals surface area contributed by atoms with Gasteiger partial charge in [-0.3, -0.25) is 0 Å². The molecule has 7 heterocycles. The summed E-state index contributed by atoms with van der Waals surface area (Å²) in [6.07, 6.45) is 0. The summed E-state index contributed by atoms with van der Waals surface area (Å²) in [4.78, 5) is 18.5. The van der Waals surface area contributed by atoms with E-state index < -0.39 is 66.7 Å². The molecule has 0 aliphatic carbocycles. The molecule has 26 rings (SSSR count). The molecule has 0 unspecified atom stereocenters. The van der Waals surface area contributed by atoms with Crippen molar-refractivity contribution in [1.82, 2.24) is 0 Å². The summed E-state index contributed by atoms with van der Waals surface area (Å²) in [7, 11) is 0. The average Bonchev–Trinajstić information content (AvgIpc) is 0.653. The van der Waals surface area contributed by atoms with Crippen molar-refractivity contribution < 1.29 is 39.9 Å². The fourth-order valence-corrected chi connectivity index (χ4v) is 22.1. The largest absolute Gasteiger partial charge is 0.453 e. The van der Waals surface area contributed by atoms with Gasteiger partial charge in [0.2, 0.25) is 0 Å². The smallest absolute Gasteiger partial charge is 0.252 e. The normalized spacial score (nSPS) is 13.1. The van der Waals surface area contributed by atoms with Gasteiger partial charge in [0, 0.05) is 156 Å². The van der Waals surface area contributed by atoms with Gasteiger partial charge in [0.1, 0.15) is 46.5 Å². The second-order valence-corrected chi connectivity index (χ2v) is 35.1. The number of benzene rings is 19. The van der Waals surface area contributed by atoms with E-state index in [0.717, 1.165) is 92.1 Å². The fourth-order valence-electron chi connectivity index (χ4n) is 22.1. The van der Waals surface area contributed by atoms with E-state index in [-0.39, 0.29) is 22.7 Å². The average molecular weight is 1780 g/mol. The van der Waals surface area contributed by atoms with Gasteiger partial charge in [0.25, 0.3) is 20.1 Å². The molecule has 646 valence electrons. The predicted molar refractivity (Wildman–Crippen MR) is 537 cm³/mol. The molecule has 0 spiro atoms. The Morgan fingerprint density at radius 3 is 0.728 bits per heavy atom. The van der Waals surface area contributed by atoms with Crippen LogP contribution in [0.2, 0.25) is 0 Å². The molecule has 7 aliphatic rings. The number of nitrogens with zero attached hydrogens (tertiary/aromatic N) is 9. The van der Waals surface area contributed by atoms with Gasteiger partial charge < -0.3 is 48.8 Å². The molecular weight excluding hydrogens is 1710 g/mol. The van der Waals surface area contributed by atoms with Crippen LogP contribution in [0.15, 0.2) is 406 Å². The highest BCUT2D eigenvalue weighted by atomic mass is 19.2. The van der Waals surface area contributed by atoms with Crippen molar-refractivity contribution in [2.24, 2.45) is 0 Å². The number of anilines is 27. The van der Waals surface area contributed by atoms with Gasteiger partial charge in [0.15, 0.2) is 11.5 Å². The Kier molecular flexibility index (Phi) is 18.2. The molecule has 0 radical (unpaired) electrons. The summed E-state index contributed by atoms with van der Waals surface area (Å²) in [6.45, 7) is -0.813. The maximum Gasteiger partial charge on any atom is 0.252 e. The second kappa shape index (κ2) is 31.0. The Morgan fingerprint density at radius 1 is 0.191 bits per heavy atom. The highest BCUT2D eigenvalue weighted by Gasteiger charge is 2.57. The Balaban J connectivity index is 0.833. The summed E-state index contributed by atoms with van der Waals surface area (Å²) in [6, 6.07) is 125. The quantitative estimate of drug-likeness (QED) is 0.0690. The van der Waals surface area contributed by atoms with Crippen LogP contribution in [0, 0.1) is 53.5 Å². The molecule has 0 saturated heterocycles. The number of rotatable bonds is 16. The lowest BCUT2D eigenvalue weighted by molar-refractivity contribution is 0.478. The Hall–Kier alpha value is -17.2. The molecule has 19 aromatic carbocycles. The molecule has 0 atom stereocenters. The fraction of sp³-hybridized carbons (Fsp3) is 0.00870. The van der Waals surface area contributed by atoms with Crippen LogP contribution in [0.4, 0.5) is 189 Å². The van der Waals surface area contributed by atoms with E-state index in [0.29, 0.717) is 129 Å². The van der Waals surface area contributed by atoms with Crippen LogP contribution in [-0.4, -0.2) is 20.1 Å². The zero-order chi connectivity index (χ0) is 91.1. The molecule has 19 aromatic rings. The maximum absolute atomic E-state index is 17.6.